The molecule has 0 saturated carbocycles. The van der Waals surface area contributed by atoms with Gasteiger partial charge in [-0.25, -0.2) is 0 Å². The molecule has 146 valence electrons. The van der Waals surface area contributed by atoms with Gasteiger partial charge in [0.25, 0.3) is 0 Å². The van der Waals surface area contributed by atoms with E-state index in [-0.39, 0.29) is 0 Å². The van der Waals surface area contributed by atoms with Crippen LogP contribution in [0.4, 0.5) is 5.69 Å². The summed E-state index contributed by atoms with van der Waals surface area (Å²) < 4.78 is 5.64. The molecule has 27 heavy (non-hydrogen) atoms. The summed E-state index contributed by atoms with van der Waals surface area (Å²) in [6.07, 6.45) is -0.489. The second-order valence-electron chi connectivity index (χ2n) is 7.01. The molecule has 1 N–H and O–H groups in total. The van der Waals surface area contributed by atoms with E-state index in [1.165, 1.54) is 11.3 Å². The zero-order valence-electron chi connectivity index (χ0n) is 15.6. The van der Waals surface area contributed by atoms with Gasteiger partial charge in [-0.2, -0.15) is 0 Å². The molecule has 1 atom stereocenters. The summed E-state index contributed by atoms with van der Waals surface area (Å²) in [5, 5.41) is 11.8. The summed E-state index contributed by atoms with van der Waals surface area (Å²) >= 11 is 12.0. The van der Waals surface area contributed by atoms with Crippen molar-refractivity contribution < 1.29 is 9.84 Å². The zero-order chi connectivity index (χ0) is 19.2. The minimum Gasteiger partial charge on any atom is -0.389 e. The molecule has 0 amide bonds. The summed E-state index contributed by atoms with van der Waals surface area (Å²) in [4.78, 5) is 4.65. The van der Waals surface area contributed by atoms with E-state index in [9.17, 15) is 5.11 Å². The largest absolute Gasteiger partial charge is 0.389 e. The van der Waals surface area contributed by atoms with Crippen molar-refractivity contribution in [2.75, 3.05) is 44.2 Å². The number of hydrogen-bond acceptors (Lipinski definition) is 4. The summed E-state index contributed by atoms with van der Waals surface area (Å²) in [5.74, 6) is 0. The van der Waals surface area contributed by atoms with Crippen molar-refractivity contribution in [2.24, 2.45) is 0 Å². The fourth-order valence-corrected chi connectivity index (χ4v) is 3.63. The van der Waals surface area contributed by atoms with Crippen LogP contribution in [-0.2, 0) is 11.3 Å². The van der Waals surface area contributed by atoms with Crippen LogP contribution in [0, 0.1) is 6.92 Å². The Hall–Kier alpha value is -1.30. The maximum Gasteiger partial charge on any atom is 0.0900 e. The van der Waals surface area contributed by atoms with Gasteiger partial charge in [0.15, 0.2) is 0 Å². The Kier molecular flexibility index (Phi) is 7.39. The number of piperazine rings is 1. The molecule has 1 heterocycles. The number of halogens is 2. The van der Waals surface area contributed by atoms with E-state index in [1.54, 1.807) is 0 Å². The highest BCUT2D eigenvalue weighted by Gasteiger charge is 2.20. The Bertz CT molecular complexity index is 731. The van der Waals surface area contributed by atoms with Gasteiger partial charge in [0, 0.05) is 48.5 Å². The molecule has 1 aliphatic rings. The van der Waals surface area contributed by atoms with Gasteiger partial charge in [-0.15, -0.1) is 0 Å². The van der Waals surface area contributed by atoms with E-state index in [0.29, 0.717) is 24.8 Å². The van der Waals surface area contributed by atoms with Crippen LogP contribution < -0.4 is 4.90 Å². The van der Waals surface area contributed by atoms with E-state index >= 15 is 0 Å². The highest BCUT2D eigenvalue weighted by molar-refractivity contribution is 6.31. The Balaban J connectivity index is 1.39. The third-order valence-corrected chi connectivity index (χ3v) is 5.33. The van der Waals surface area contributed by atoms with Crippen LogP contribution >= 0.6 is 23.2 Å². The van der Waals surface area contributed by atoms with Crippen LogP contribution in [0.3, 0.4) is 0 Å². The second kappa shape index (κ2) is 9.76. The summed E-state index contributed by atoms with van der Waals surface area (Å²) in [7, 11) is 0. The third kappa shape index (κ3) is 6.09. The number of ether oxygens (including phenoxy) is 1. The Morgan fingerprint density at radius 1 is 1.00 bits per heavy atom. The third-order valence-electron chi connectivity index (χ3n) is 4.85. The number of nitrogens with zero attached hydrogens (tertiary/aromatic N) is 2. The number of β-amino-alcohol motifs (C(OH)–C–C–N with tert-alkyl or cyclic N) is 1. The molecule has 0 aliphatic carbocycles. The van der Waals surface area contributed by atoms with E-state index in [0.717, 1.165) is 36.8 Å². The predicted molar refractivity (Wildman–Crippen MR) is 112 cm³/mol. The topological polar surface area (TPSA) is 35.9 Å². The predicted octanol–water partition coefficient (Wildman–Crippen LogP) is 4.00. The van der Waals surface area contributed by atoms with Crippen LogP contribution in [0.25, 0.3) is 0 Å². The zero-order valence-corrected chi connectivity index (χ0v) is 17.1. The first-order valence-corrected chi connectivity index (χ1v) is 10.0. The molecule has 3 rings (SSSR count). The fourth-order valence-electron chi connectivity index (χ4n) is 3.34. The number of rotatable bonds is 7. The Morgan fingerprint density at radius 2 is 1.67 bits per heavy atom. The van der Waals surface area contributed by atoms with E-state index < -0.39 is 6.10 Å². The maximum absolute atomic E-state index is 10.3. The van der Waals surface area contributed by atoms with Gasteiger partial charge >= 0.3 is 0 Å². The number of hydrogen-bond donors (Lipinski definition) is 1. The molecule has 1 aliphatic heterocycles. The van der Waals surface area contributed by atoms with Crippen LogP contribution in [0.5, 0.6) is 0 Å². The summed E-state index contributed by atoms with van der Waals surface area (Å²) in [6.45, 7) is 7.24. The molecule has 0 unspecified atom stereocenters. The summed E-state index contributed by atoms with van der Waals surface area (Å²) in [6, 6.07) is 13.6. The molecule has 4 nitrogen and oxygen atoms in total. The van der Waals surface area contributed by atoms with Crippen LogP contribution in [0.15, 0.2) is 42.5 Å². The lowest BCUT2D eigenvalue weighted by Crippen LogP contribution is -2.49. The van der Waals surface area contributed by atoms with Crippen molar-refractivity contribution in [3.05, 3.63) is 63.6 Å². The molecule has 0 bridgehead atoms. The number of aliphatic hydroxyl groups excluding tert-OH is 1. The molecule has 2 aromatic carbocycles. The molecule has 0 radical (unpaired) electrons. The van der Waals surface area contributed by atoms with E-state index in [4.69, 9.17) is 27.9 Å². The lowest BCUT2D eigenvalue weighted by Gasteiger charge is -2.37. The molecule has 0 spiro atoms. The first kappa shape index (κ1) is 20.4. The highest BCUT2D eigenvalue weighted by atomic mass is 35.5. The van der Waals surface area contributed by atoms with Crippen molar-refractivity contribution >= 4 is 28.9 Å². The van der Waals surface area contributed by atoms with Crippen molar-refractivity contribution in [3.63, 3.8) is 0 Å². The number of aryl methyl sites for hydroxylation is 1. The van der Waals surface area contributed by atoms with Crippen LogP contribution in [0.2, 0.25) is 10.0 Å². The van der Waals surface area contributed by atoms with Crippen molar-refractivity contribution in [3.8, 4) is 0 Å². The number of benzene rings is 2. The van der Waals surface area contributed by atoms with Crippen LogP contribution in [0.1, 0.15) is 11.1 Å². The van der Waals surface area contributed by atoms with Gasteiger partial charge in [0.2, 0.25) is 0 Å². The smallest absolute Gasteiger partial charge is 0.0900 e. The molecular weight excluding hydrogens is 383 g/mol. The number of anilines is 1. The van der Waals surface area contributed by atoms with Gasteiger partial charge in [-0.1, -0.05) is 41.4 Å². The van der Waals surface area contributed by atoms with Crippen LogP contribution in [-0.4, -0.2) is 55.4 Å². The first-order valence-electron chi connectivity index (χ1n) is 9.25. The summed E-state index contributed by atoms with van der Waals surface area (Å²) in [5.41, 5.74) is 3.49. The lowest BCUT2D eigenvalue weighted by atomic mass is 10.1. The molecule has 1 fully saturated rings. The Morgan fingerprint density at radius 3 is 2.37 bits per heavy atom. The van der Waals surface area contributed by atoms with Crippen molar-refractivity contribution in [1.29, 1.82) is 0 Å². The SMILES string of the molecule is Cc1ccc(Cl)cc1N1CCN(C[C@@H](O)COCc2ccc(Cl)cc2)CC1. The van der Waals surface area contributed by atoms with Crippen molar-refractivity contribution in [2.45, 2.75) is 19.6 Å². The average molecular weight is 409 g/mol. The molecule has 1 saturated heterocycles. The van der Waals surface area contributed by atoms with Gasteiger partial charge in [0.1, 0.15) is 0 Å². The van der Waals surface area contributed by atoms with Gasteiger partial charge < -0.3 is 14.7 Å². The Labute approximate surface area is 171 Å². The normalized spacial score (nSPS) is 16.5. The number of aliphatic hydroxyl groups is 1. The molecule has 6 heteroatoms. The lowest BCUT2D eigenvalue weighted by molar-refractivity contribution is 0.00914. The van der Waals surface area contributed by atoms with E-state index in [2.05, 4.69) is 22.8 Å². The standard InChI is InChI=1S/C21H26Cl2N2O2/c1-16-2-5-19(23)12-21(16)25-10-8-24(9-11-25)13-20(26)15-27-14-17-3-6-18(22)7-4-17/h2-7,12,20,26H,8-11,13-15H2,1H3/t20-/m1/s1. The van der Waals surface area contributed by atoms with Gasteiger partial charge in [0.05, 0.1) is 19.3 Å². The first-order chi connectivity index (χ1) is 13.0. The highest BCUT2D eigenvalue weighted by Crippen LogP contribution is 2.25. The molecule has 2 aromatic rings. The molecule has 0 aromatic heterocycles. The fraction of sp³-hybridized carbons (Fsp3) is 0.429. The minimum absolute atomic E-state index is 0.330. The van der Waals surface area contributed by atoms with Crippen molar-refractivity contribution in [1.82, 2.24) is 4.90 Å². The average Bonchev–Trinajstić information content (AvgIpc) is 2.66. The van der Waals surface area contributed by atoms with Gasteiger partial charge in [-0.3, -0.25) is 4.90 Å². The minimum atomic E-state index is -0.489. The van der Waals surface area contributed by atoms with Gasteiger partial charge in [-0.05, 0) is 42.3 Å². The second-order valence-corrected chi connectivity index (χ2v) is 7.89. The quantitative estimate of drug-likeness (QED) is 0.750. The van der Waals surface area contributed by atoms with E-state index in [1.807, 2.05) is 36.4 Å². The maximum atomic E-state index is 10.3. The monoisotopic (exact) mass is 408 g/mol. The molecular formula is C21H26Cl2N2O2.